The largest absolute Gasteiger partial charge is 0.389 e. The van der Waals surface area contributed by atoms with Gasteiger partial charge in [-0.05, 0) is 40.1 Å². The molecule has 1 heteroatoms. The SMILES string of the molecule is CC(O)/C=C/c1c2ccccc2cc2ccccc12. The molecule has 1 unspecified atom stereocenters. The molecule has 0 radical (unpaired) electrons. The number of hydrogen-bond acceptors (Lipinski definition) is 1. The van der Waals surface area contributed by atoms with E-state index in [2.05, 4.69) is 54.6 Å². The average Bonchev–Trinajstić information content (AvgIpc) is 2.43. The molecule has 0 aromatic heterocycles. The Morgan fingerprint density at radius 3 is 1.95 bits per heavy atom. The fourth-order valence-corrected chi connectivity index (χ4v) is 2.46. The lowest BCUT2D eigenvalue weighted by Gasteiger charge is -2.08. The van der Waals surface area contributed by atoms with E-state index in [1.54, 1.807) is 6.92 Å². The number of benzene rings is 3. The number of hydrogen-bond donors (Lipinski definition) is 1. The second kappa shape index (κ2) is 4.87. The van der Waals surface area contributed by atoms with E-state index < -0.39 is 6.10 Å². The van der Waals surface area contributed by atoms with Gasteiger partial charge in [-0.3, -0.25) is 0 Å². The van der Waals surface area contributed by atoms with Crippen molar-refractivity contribution in [3.05, 3.63) is 66.2 Å². The lowest BCUT2D eigenvalue weighted by Crippen LogP contribution is -1.92. The van der Waals surface area contributed by atoms with Gasteiger partial charge in [0.1, 0.15) is 0 Å². The van der Waals surface area contributed by atoms with Gasteiger partial charge in [0.2, 0.25) is 0 Å². The minimum Gasteiger partial charge on any atom is -0.389 e. The molecule has 3 rings (SSSR count). The zero-order valence-electron chi connectivity index (χ0n) is 10.9. The first-order chi connectivity index (χ1) is 9.25. The highest BCUT2D eigenvalue weighted by molar-refractivity contribution is 6.06. The van der Waals surface area contributed by atoms with E-state index in [9.17, 15) is 5.11 Å². The van der Waals surface area contributed by atoms with E-state index in [4.69, 9.17) is 0 Å². The van der Waals surface area contributed by atoms with Gasteiger partial charge in [0.15, 0.2) is 0 Å². The predicted octanol–water partition coefficient (Wildman–Crippen LogP) is 4.39. The summed E-state index contributed by atoms with van der Waals surface area (Å²) >= 11 is 0. The smallest absolute Gasteiger partial charge is 0.0696 e. The highest BCUT2D eigenvalue weighted by atomic mass is 16.3. The van der Waals surface area contributed by atoms with E-state index >= 15 is 0 Å². The molecular weight excluding hydrogens is 232 g/mol. The lowest BCUT2D eigenvalue weighted by atomic mass is 9.96. The summed E-state index contributed by atoms with van der Waals surface area (Å²) in [5, 5.41) is 14.4. The van der Waals surface area contributed by atoms with E-state index in [0.29, 0.717) is 0 Å². The minimum absolute atomic E-state index is 0.433. The Morgan fingerprint density at radius 2 is 1.42 bits per heavy atom. The summed E-state index contributed by atoms with van der Waals surface area (Å²) in [6, 6.07) is 18.9. The van der Waals surface area contributed by atoms with Crippen molar-refractivity contribution in [1.29, 1.82) is 0 Å². The topological polar surface area (TPSA) is 20.2 Å². The Labute approximate surface area is 112 Å². The third-order valence-corrected chi connectivity index (χ3v) is 3.35. The molecule has 19 heavy (non-hydrogen) atoms. The summed E-state index contributed by atoms with van der Waals surface area (Å²) in [6.07, 6.45) is 3.42. The number of fused-ring (bicyclic) bond motifs is 2. The van der Waals surface area contributed by atoms with Crippen molar-refractivity contribution in [1.82, 2.24) is 0 Å². The van der Waals surface area contributed by atoms with E-state index in [1.165, 1.54) is 27.1 Å². The monoisotopic (exact) mass is 248 g/mol. The van der Waals surface area contributed by atoms with Gasteiger partial charge in [0.25, 0.3) is 0 Å². The van der Waals surface area contributed by atoms with Crippen LogP contribution >= 0.6 is 0 Å². The normalized spacial score (nSPS) is 13.4. The summed E-state index contributed by atoms with van der Waals surface area (Å²) < 4.78 is 0. The molecule has 94 valence electrons. The summed E-state index contributed by atoms with van der Waals surface area (Å²) in [7, 11) is 0. The highest BCUT2D eigenvalue weighted by Crippen LogP contribution is 2.29. The molecule has 0 aliphatic heterocycles. The van der Waals surface area contributed by atoms with Crippen LogP contribution in [0.1, 0.15) is 12.5 Å². The molecule has 0 amide bonds. The maximum Gasteiger partial charge on any atom is 0.0696 e. The van der Waals surface area contributed by atoms with Crippen LogP contribution < -0.4 is 0 Å². The third-order valence-electron chi connectivity index (χ3n) is 3.35. The molecule has 0 fully saturated rings. The molecule has 0 saturated heterocycles. The van der Waals surface area contributed by atoms with Crippen molar-refractivity contribution in [2.45, 2.75) is 13.0 Å². The standard InChI is InChI=1S/C18H16O/c1-13(19)10-11-18-16-8-4-2-6-14(16)12-15-7-3-5-9-17(15)18/h2-13,19H,1H3/b11-10+. The van der Waals surface area contributed by atoms with Crippen molar-refractivity contribution in [2.75, 3.05) is 0 Å². The molecule has 0 spiro atoms. The minimum atomic E-state index is -0.433. The van der Waals surface area contributed by atoms with Crippen LogP contribution in [-0.2, 0) is 0 Å². The van der Waals surface area contributed by atoms with Gasteiger partial charge in [-0.1, -0.05) is 60.7 Å². The van der Waals surface area contributed by atoms with Gasteiger partial charge in [0.05, 0.1) is 6.10 Å². The molecule has 0 heterocycles. The molecule has 0 saturated carbocycles. The van der Waals surface area contributed by atoms with Crippen LogP contribution in [0, 0.1) is 0 Å². The van der Waals surface area contributed by atoms with Crippen LogP contribution in [0.15, 0.2) is 60.7 Å². The first kappa shape index (κ1) is 11.9. The van der Waals surface area contributed by atoms with Gasteiger partial charge < -0.3 is 5.11 Å². The Kier molecular flexibility index (Phi) is 3.06. The molecule has 0 aliphatic rings. The predicted molar refractivity (Wildman–Crippen MR) is 82.2 cm³/mol. The quantitative estimate of drug-likeness (QED) is 0.667. The highest BCUT2D eigenvalue weighted by Gasteiger charge is 2.04. The maximum atomic E-state index is 9.47. The summed E-state index contributed by atoms with van der Waals surface area (Å²) in [6.45, 7) is 1.77. The van der Waals surface area contributed by atoms with E-state index in [-0.39, 0.29) is 0 Å². The van der Waals surface area contributed by atoms with Gasteiger partial charge in [-0.2, -0.15) is 0 Å². The Bertz CT molecular complexity index is 700. The summed E-state index contributed by atoms with van der Waals surface area (Å²) in [5.41, 5.74) is 1.18. The van der Waals surface area contributed by atoms with Crippen LogP contribution in [0.2, 0.25) is 0 Å². The zero-order chi connectivity index (χ0) is 13.2. The molecule has 1 N–H and O–H groups in total. The third kappa shape index (κ3) is 2.25. The van der Waals surface area contributed by atoms with Gasteiger partial charge in [0, 0.05) is 0 Å². The lowest BCUT2D eigenvalue weighted by molar-refractivity contribution is 0.245. The zero-order valence-corrected chi connectivity index (χ0v) is 10.9. The van der Waals surface area contributed by atoms with Crippen molar-refractivity contribution in [2.24, 2.45) is 0 Å². The number of aliphatic hydroxyl groups excluding tert-OH is 1. The number of aliphatic hydroxyl groups is 1. The van der Waals surface area contributed by atoms with Gasteiger partial charge in [-0.15, -0.1) is 0 Å². The van der Waals surface area contributed by atoms with Crippen molar-refractivity contribution < 1.29 is 5.11 Å². The molecule has 1 atom stereocenters. The number of rotatable bonds is 2. The summed E-state index contributed by atoms with van der Waals surface area (Å²) in [4.78, 5) is 0. The van der Waals surface area contributed by atoms with Crippen LogP contribution in [-0.4, -0.2) is 11.2 Å². The van der Waals surface area contributed by atoms with Gasteiger partial charge >= 0.3 is 0 Å². The van der Waals surface area contributed by atoms with Crippen molar-refractivity contribution in [3.63, 3.8) is 0 Å². The Morgan fingerprint density at radius 1 is 0.895 bits per heavy atom. The van der Waals surface area contributed by atoms with Crippen LogP contribution in [0.5, 0.6) is 0 Å². The average molecular weight is 248 g/mol. The van der Waals surface area contributed by atoms with E-state index in [1.807, 2.05) is 12.2 Å². The van der Waals surface area contributed by atoms with Crippen LogP contribution in [0.25, 0.3) is 27.6 Å². The Balaban J connectivity index is 2.39. The van der Waals surface area contributed by atoms with Crippen LogP contribution in [0.4, 0.5) is 0 Å². The second-order valence-corrected chi connectivity index (χ2v) is 4.83. The molecule has 0 bridgehead atoms. The Hall–Kier alpha value is -2.12. The van der Waals surface area contributed by atoms with Crippen LogP contribution in [0.3, 0.4) is 0 Å². The van der Waals surface area contributed by atoms with Crippen molar-refractivity contribution >= 4 is 27.6 Å². The maximum absolute atomic E-state index is 9.47. The fourth-order valence-electron chi connectivity index (χ4n) is 2.46. The van der Waals surface area contributed by atoms with E-state index in [0.717, 1.165) is 0 Å². The first-order valence-electron chi connectivity index (χ1n) is 6.52. The fraction of sp³-hybridized carbons (Fsp3) is 0.111. The molecule has 1 nitrogen and oxygen atoms in total. The molecule has 0 aliphatic carbocycles. The second-order valence-electron chi connectivity index (χ2n) is 4.83. The summed E-state index contributed by atoms with van der Waals surface area (Å²) in [5.74, 6) is 0. The van der Waals surface area contributed by atoms with Gasteiger partial charge in [-0.25, -0.2) is 0 Å². The van der Waals surface area contributed by atoms with Crippen molar-refractivity contribution in [3.8, 4) is 0 Å². The first-order valence-corrected chi connectivity index (χ1v) is 6.52. The molecule has 3 aromatic carbocycles. The molecule has 3 aromatic rings. The molecular formula is C18H16O.